The molecule has 0 bridgehead atoms. The molecule has 2 aromatic carbocycles. The number of esters is 1. The van der Waals surface area contributed by atoms with Crippen LogP contribution in [-0.4, -0.2) is 38.5 Å². The van der Waals surface area contributed by atoms with Crippen LogP contribution in [0.5, 0.6) is 11.5 Å². The van der Waals surface area contributed by atoms with E-state index in [0.29, 0.717) is 33.8 Å². The molecule has 6 nitrogen and oxygen atoms in total. The Bertz CT molecular complexity index is 777. The highest BCUT2D eigenvalue weighted by Gasteiger charge is 2.12. The third-order valence-corrected chi connectivity index (χ3v) is 4.01. The van der Waals surface area contributed by atoms with Crippen LogP contribution in [-0.2, 0) is 9.53 Å². The summed E-state index contributed by atoms with van der Waals surface area (Å²) in [7, 11) is 2.96. The zero-order valence-electron chi connectivity index (χ0n) is 14.5. The van der Waals surface area contributed by atoms with Crippen LogP contribution in [0, 0.1) is 0 Å². The van der Waals surface area contributed by atoms with E-state index in [1.54, 1.807) is 18.2 Å². The van der Waals surface area contributed by atoms with Crippen molar-refractivity contribution in [2.45, 2.75) is 10.7 Å². The van der Waals surface area contributed by atoms with Crippen molar-refractivity contribution >= 4 is 29.3 Å². The van der Waals surface area contributed by atoms with Crippen molar-refractivity contribution in [2.75, 3.05) is 26.1 Å². The van der Waals surface area contributed by atoms with Crippen molar-refractivity contribution in [3.05, 3.63) is 48.0 Å². The lowest BCUT2D eigenvalue weighted by Crippen LogP contribution is -2.21. The van der Waals surface area contributed by atoms with Gasteiger partial charge in [0, 0.05) is 28.8 Å². The topological polar surface area (TPSA) is 73.9 Å². The molecule has 9 heteroatoms. The molecule has 27 heavy (non-hydrogen) atoms. The lowest BCUT2D eigenvalue weighted by molar-refractivity contribution is -0.119. The highest BCUT2D eigenvalue weighted by Crippen LogP contribution is 2.26. The highest BCUT2D eigenvalue weighted by atomic mass is 32.2. The largest absolute Gasteiger partial charge is 0.497 e. The maximum atomic E-state index is 12.3. The van der Waals surface area contributed by atoms with E-state index < -0.39 is 24.2 Å². The molecule has 0 spiro atoms. The molecule has 0 radical (unpaired) electrons. The molecule has 0 aliphatic rings. The Morgan fingerprint density at radius 3 is 2.15 bits per heavy atom. The minimum atomic E-state index is -2.54. The molecule has 0 atom stereocenters. The third kappa shape index (κ3) is 6.45. The van der Waals surface area contributed by atoms with E-state index in [0.717, 1.165) is 0 Å². The van der Waals surface area contributed by atoms with E-state index in [4.69, 9.17) is 14.2 Å². The zero-order valence-corrected chi connectivity index (χ0v) is 15.3. The second-order valence-corrected chi connectivity index (χ2v) is 6.19. The summed E-state index contributed by atoms with van der Waals surface area (Å²) in [5.74, 6) is -2.85. The number of ether oxygens (including phenoxy) is 3. The van der Waals surface area contributed by atoms with Crippen molar-refractivity contribution in [3.8, 4) is 11.5 Å². The summed E-state index contributed by atoms with van der Waals surface area (Å²) in [6, 6.07) is 10.3. The number of benzene rings is 2. The Morgan fingerprint density at radius 1 is 1.04 bits per heavy atom. The maximum Gasteiger partial charge on any atom is 0.338 e. The average Bonchev–Trinajstić information content (AvgIpc) is 2.65. The van der Waals surface area contributed by atoms with Gasteiger partial charge in [-0.05, 0) is 24.3 Å². The van der Waals surface area contributed by atoms with E-state index >= 15 is 0 Å². The van der Waals surface area contributed by atoms with Gasteiger partial charge in [0.25, 0.3) is 11.7 Å². The summed E-state index contributed by atoms with van der Waals surface area (Å²) in [6.07, 6.45) is 0. The van der Waals surface area contributed by atoms with Crippen molar-refractivity contribution < 1.29 is 32.6 Å². The summed E-state index contributed by atoms with van der Waals surface area (Å²) < 4.78 is 39.7. The molecule has 0 heterocycles. The number of halogens is 2. The predicted molar refractivity (Wildman–Crippen MR) is 96.8 cm³/mol. The van der Waals surface area contributed by atoms with Crippen molar-refractivity contribution in [1.29, 1.82) is 0 Å². The van der Waals surface area contributed by atoms with Crippen LogP contribution >= 0.6 is 11.8 Å². The second kappa shape index (κ2) is 9.77. The van der Waals surface area contributed by atoms with Gasteiger partial charge in [-0.3, -0.25) is 4.79 Å². The van der Waals surface area contributed by atoms with Crippen LogP contribution in [0.25, 0.3) is 0 Å². The Kier molecular flexibility index (Phi) is 7.42. The van der Waals surface area contributed by atoms with Crippen LogP contribution in [0.15, 0.2) is 47.4 Å². The molecule has 0 aromatic heterocycles. The molecule has 0 aliphatic heterocycles. The van der Waals surface area contributed by atoms with Gasteiger partial charge < -0.3 is 19.5 Å². The number of hydrogen-bond acceptors (Lipinski definition) is 6. The maximum absolute atomic E-state index is 12.3. The lowest BCUT2D eigenvalue weighted by atomic mass is 10.2. The predicted octanol–water partition coefficient (Wildman–Crippen LogP) is 3.81. The van der Waals surface area contributed by atoms with Crippen molar-refractivity contribution in [1.82, 2.24) is 0 Å². The van der Waals surface area contributed by atoms with E-state index in [-0.39, 0.29) is 5.56 Å². The molecule has 2 aromatic rings. The number of carbonyl (C=O) groups excluding carboxylic acids is 2. The molecule has 0 unspecified atom stereocenters. The van der Waals surface area contributed by atoms with Gasteiger partial charge in [0.1, 0.15) is 11.5 Å². The molecule has 0 saturated heterocycles. The van der Waals surface area contributed by atoms with Crippen LogP contribution in [0.3, 0.4) is 0 Å². The van der Waals surface area contributed by atoms with Crippen LogP contribution in [0.4, 0.5) is 14.5 Å². The summed E-state index contributed by atoms with van der Waals surface area (Å²) >= 11 is 0.374. The van der Waals surface area contributed by atoms with E-state index in [9.17, 15) is 18.4 Å². The van der Waals surface area contributed by atoms with Crippen LogP contribution < -0.4 is 14.8 Å². The Hall–Kier alpha value is -2.81. The molecule has 1 N–H and O–H groups in total. The molecule has 0 fully saturated rings. The van der Waals surface area contributed by atoms with Gasteiger partial charge >= 0.3 is 5.97 Å². The number of methoxy groups -OCH3 is 2. The summed E-state index contributed by atoms with van der Waals surface area (Å²) in [4.78, 5) is 24.2. The Morgan fingerprint density at radius 2 is 1.63 bits per heavy atom. The fourth-order valence-corrected chi connectivity index (χ4v) is 2.56. The number of rotatable bonds is 8. The van der Waals surface area contributed by atoms with Crippen LogP contribution in [0.2, 0.25) is 0 Å². The summed E-state index contributed by atoms with van der Waals surface area (Å²) in [6.45, 7) is -0.508. The third-order valence-electron chi connectivity index (χ3n) is 3.28. The summed E-state index contributed by atoms with van der Waals surface area (Å²) in [5, 5.41) is 2.57. The molecule has 2 rings (SSSR count). The number of amides is 1. The first-order valence-electron chi connectivity index (χ1n) is 7.66. The fraction of sp³-hybridized carbons (Fsp3) is 0.222. The fourth-order valence-electron chi connectivity index (χ4n) is 2.06. The second-order valence-electron chi connectivity index (χ2n) is 5.13. The molecule has 144 valence electrons. The first kappa shape index (κ1) is 20.5. The average molecular weight is 397 g/mol. The first-order chi connectivity index (χ1) is 12.9. The standard InChI is InChI=1S/C18H17F2NO5S/c1-24-13-7-12(8-14(9-13)25-2)21-16(22)10-26-17(23)11-3-5-15(6-4-11)27-18(19)20/h3-9,18H,10H2,1-2H3,(H,21,22). The molecular weight excluding hydrogens is 380 g/mol. The van der Waals surface area contributed by atoms with Gasteiger partial charge in [0.05, 0.1) is 19.8 Å². The normalized spacial score (nSPS) is 10.4. The molecule has 0 saturated carbocycles. The minimum Gasteiger partial charge on any atom is -0.497 e. The van der Waals surface area contributed by atoms with Gasteiger partial charge in [0.2, 0.25) is 0 Å². The zero-order chi connectivity index (χ0) is 19.8. The monoisotopic (exact) mass is 397 g/mol. The van der Waals surface area contributed by atoms with Gasteiger partial charge in [-0.2, -0.15) is 8.78 Å². The summed E-state index contributed by atoms with van der Waals surface area (Å²) in [5.41, 5.74) is 0.574. The lowest BCUT2D eigenvalue weighted by Gasteiger charge is -2.10. The minimum absolute atomic E-state index is 0.157. The molecule has 1 amide bonds. The van der Waals surface area contributed by atoms with E-state index in [2.05, 4.69) is 5.32 Å². The quantitative estimate of drug-likeness (QED) is 0.539. The SMILES string of the molecule is COc1cc(NC(=O)COC(=O)c2ccc(SC(F)F)cc2)cc(OC)c1. The van der Waals surface area contributed by atoms with Gasteiger partial charge in [0.15, 0.2) is 6.61 Å². The highest BCUT2D eigenvalue weighted by molar-refractivity contribution is 7.99. The number of alkyl halides is 2. The van der Waals surface area contributed by atoms with Gasteiger partial charge in [-0.1, -0.05) is 11.8 Å². The molecule has 0 aliphatic carbocycles. The molecular formula is C18H17F2NO5S. The smallest absolute Gasteiger partial charge is 0.338 e. The Labute approximate surface area is 158 Å². The number of nitrogens with one attached hydrogen (secondary N) is 1. The van der Waals surface area contributed by atoms with Crippen molar-refractivity contribution in [3.63, 3.8) is 0 Å². The van der Waals surface area contributed by atoms with E-state index in [1.165, 1.54) is 38.5 Å². The number of hydrogen-bond donors (Lipinski definition) is 1. The number of thioether (sulfide) groups is 1. The van der Waals surface area contributed by atoms with Crippen molar-refractivity contribution in [2.24, 2.45) is 0 Å². The van der Waals surface area contributed by atoms with Gasteiger partial charge in [-0.15, -0.1) is 0 Å². The Balaban J connectivity index is 1.90. The van der Waals surface area contributed by atoms with E-state index in [1.807, 2.05) is 0 Å². The number of carbonyl (C=O) groups is 2. The van der Waals surface area contributed by atoms with Crippen LogP contribution in [0.1, 0.15) is 10.4 Å². The number of anilines is 1. The first-order valence-corrected chi connectivity index (χ1v) is 8.54. The van der Waals surface area contributed by atoms with Gasteiger partial charge in [-0.25, -0.2) is 4.79 Å².